The Morgan fingerprint density at radius 3 is 2.75 bits per heavy atom. The lowest BCUT2D eigenvalue weighted by Gasteiger charge is -2.20. The molecule has 5 nitrogen and oxygen atoms in total. The van der Waals surface area contributed by atoms with Crippen molar-refractivity contribution in [3.63, 3.8) is 0 Å². The first-order valence-corrected chi connectivity index (χ1v) is 7.97. The van der Waals surface area contributed by atoms with E-state index in [-0.39, 0.29) is 11.6 Å². The lowest BCUT2D eigenvalue weighted by molar-refractivity contribution is -0.121. The van der Waals surface area contributed by atoms with Gasteiger partial charge < -0.3 is 10.4 Å². The van der Waals surface area contributed by atoms with Crippen molar-refractivity contribution in [1.29, 1.82) is 0 Å². The number of carbonyl (C=O) groups excluding carboxylic acids is 1. The van der Waals surface area contributed by atoms with Gasteiger partial charge in [-0.25, -0.2) is 9.78 Å². The van der Waals surface area contributed by atoms with Crippen LogP contribution in [0.25, 0.3) is 0 Å². The predicted octanol–water partition coefficient (Wildman–Crippen LogP) is 2.82. The highest BCUT2D eigenvalue weighted by Crippen LogP contribution is 2.27. The Morgan fingerprint density at radius 1 is 1.35 bits per heavy atom. The highest BCUT2D eigenvalue weighted by Gasteiger charge is 2.15. The molecule has 1 heterocycles. The molecule has 0 saturated heterocycles. The Hall–Kier alpha value is -1.43. The van der Waals surface area contributed by atoms with Crippen molar-refractivity contribution >= 4 is 23.2 Å². The Balaban J connectivity index is 1.67. The number of nitrogens with zero attached hydrogens (tertiary/aromatic N) is 1. The number of rotatable bonds is 6. The first kappa shape index (κ1) is 15.0. The van der Waals surface area contributed by atoms with Crippen LogP contribution in [-0.4, -0.2) is 22.0 Å². The van der Waals surface area contributed by atoms with E-state index in [1.54, 1.807) is 0 Å². The average molecular weight is 296 g/mol. The monoisotopic (exact) mass is 296 g/mol. The van der Waals surface area contributed by atoms with Crippen molar-refractivity contribution in [2.75, 3.05) is 0 Å². The number of amides is 1. The minimum Gasteiger partial charge on any atom is -0.476 e. The largest absolute Gasteiger partial charge is 0.476 e. The first-order valence-electron chi connectivity index (χ1n) is 7.09. The summed E-state index contributed by atoms with van der Waals surface area (Å²) in [6.45, 7) is 0.321. The van der Waals surface area contributed by atoms with Crippen molar-refractivity contribution in [3.05, 3.63) is 16.1 Å². The van der Waals surface area contributed by atoms with Crippen molar-refractivity contribution in [2.45, 2.75) is 51.5 Å². The van der Waals surface area contributed by atoms with E-state index in [4.69, 9.17) is 5.11 Å². The predicted molar refractivity (Wildman–Crippen MR) is 76.7 cm³/mol. The van der Waals surface area contributed by atoms with E-state index in [2.05, 4.69) is 10.3 Å². The molecule has 0 aliphatic heterocycles. The molecule has 2 rings (SSSR count). The molecule has 1 aliphatic rings. The van der Waals surface area contributed by atoms with Crippen LogP contribution in [0.4, 0.5) is 0 Å². The fourth-order valence-corrected chi connectivity index (χ4v) is 3.27. The molecule has 0 radical (unpaired) electrons. The molecule has 1 aromatic rings. The van der Waals surface area contributed by atoms with Crippen LogP contribution in [0.3, 0.4) is 0 Å². The summed E-state index contributed by atoms with van der Waals surface area (Å²) in [4.78, 5) is 26.4. The molecule has 2 N–H and O–H groups in total. The van der Waals surface area contributed by atoms with Gasteiger partial charge in [0.1, 0.15) is 5.01 Å². The zero-order chi connectivity index (χ0) is 14.4. The van der Waals surface area contributed by atoms with Crippen LogP contribution in [0.5, 0.6) is 0 Å². The standard InChI is InChI=1S/C14H20N2O3S/c17-12(7-6-10-4-2-1-3-5-10)15-8-13-16-11(9-20-13)14(18)19/h9-10H,1-8H2,(H,15,17)(H,18,19). The van der Waals surface area contributed by atoms with Gasteiger partial charge in [0.05, 0.1) is 6.54 Å². The number of carbonyl (C=O) groups is 2. The van der Waals surface area contributed by atoms with Gasteiger partial charge in [-0.05, 0) is 12.3 Å². The number of hydrogen-bond acceptors (Lipinski definition) is 4. The molecule has 20 heavy (non-hydrogen) atoms. The topological polar surface area (TPSA) is 79.3 Å². The second-order valence-electron chi connectivity index (χ2n) is 5.25. The number of carboxylic acids is 1. The van der Waals surface area contributed by atoms with Gasteiger partial charge in [0.2, 0.25) is 5.91 Å². The van der Waals surface area contributed by atoms with Crippen LogP contribution in [0.15, 0.2) is 5.38 Å². The van der Waals surface area contributed by atoms with E-state index in [1.807, 2.05) is 0 Å². The Kier molecular flexibility index (Phi) is 5.52. The van der Waals surface area contributed by atoms with Crippen LogP contribution >= 0.6 is 11.3 Å². The SMILES string of the molecule is O=C(CCC1CCCCC1)NCc1nc(C(=O)O)cs1. The van der Waals surface area contributed by atoms with E-state index >= 15 is 0 Å². The van der Waals surface area contributed by atoms with Gasteiger partial charge in [0.25, 0.3) is 0 Å². The van der Waals surface area contributed by atoms with E-state index in [0.29, 0.717) is 23.9 Å². The summed E-state index contributed by atoms with van der Waals surface area (Å²) in [5, 5.41) is 13.7. The van der Waals surface area contributed by atoms with Gasteiger partial charge in [-0.1, -0.05) is 32.1 Å². The maximum atomic E-state index is 11.7. The summed E-state index contributed by atoms with van der Waals surface area (Å²) in [5.41, 5.74) is 0.0430. The molecule has 0 unspecified atom stereocenters. The molecule has 1 fully saturated rings. The molecule has 1 aromatic heterocycles. The molecular weight excluding hydrogens is 276 g/mol. The zero-order valence-corrected chi connectivity index (χ0v) is 12.2. The van der Waals surface area contributed by atoms with Gasteiger partial charge in [-0.3, -0.25) is 4.79 Å². The number of nitrogens with one attached hydrogen (secondary N) is 1. The molecule has 0 spiro atoms. The van der Waals surface area contributed by atoms with Crippen molar-refractivity contribution in [2.24, 2.45) is 5.92 Å². The lowest BCUT2D eigenvalue weighted by Crippen LogP contribution is -2.23. The molecule has 1 saturated carbocycles. The van der Waals surface area contributed by atoms with Crippen molar-refractivity contribution in [3.8, 4) is 0 Å². The van der Waals surface area contributed by atoms with Gasteiger partial charge in [-0.15, -0.1) is 11.3 Å². The molecule has 6 heteroatoms. The fourth-order valence-electron chi connectivity index (χ4n) is 2.56. The Morgan fingerprint density at radius 2 is 2.10 bits per heavy atom. The normalized spacial score (nSPS) is 16.0. The highest BCUT2D eigenvalue weighted by atomic mass is 32.1. The van der Waals surface area contributed by atoms with Crippen LogP contribution in [0, 0.1) is 5.92 Å². The maximum Gasteiger partial charge on any atom is 0.355 e. The van der Waals surface area contributed by atoms with Crippen LogP contribution in [-0.2, 0) is 11.3 Å². The first-order chi connectivity index (χ1) is 9.65. The van der Waals surface area contributed by atoms with Gasteiger partial charge in [0.15, 0.2) is 5.69 Å². The fraction of sp³-hybridized carbons (Fsp3) is 0.643. The van der Waals surface area contributed by atoms with E-state index in [1.165, 1.54) is 48.8 Å². The summed E-state index contributed by atoms with van der Waals surface area (Å²) in [6, 6.07) is 0. The van der Waals surface area contributed by atoms with Crippen LogP contribution in [0.2, 0.25) is 0 Å². The second-order valence-corrected chi connectivity index (χ2v) is 6.19. The molecule has 1 amide bonds. The minimum absolute atomic E-state index is 0.0302. The second kappa shape index (κ2) is 7.38. The summed E-state index contributed by atoms with van der Waals surface area (Å²) in [5.74, 6) is -0.299. The molecule has 0 atom stereocenters. The average Bonchev–Trinajstić information content (AvgIpc) is 2.93. The zero-order valence-electron chi connectivity index (χ0n) is 11.4. The van der Waals surface area contributed by atoms with Gasteiger partial charge in [0, 0.05) is 11.8 Å². The summed E-state index contributed by atoms with van der Waals surface area (Å²) in [7, 11) is 0. The molecular formula is C14H20N2O3S. The van der Waals surface area contributed by atoms with Crippen LogP contribution in [0.1, 0.15) is 60.4 Å². The number of aromatic nitrogens is 1. The van der Waals surface area contributed by atoms with E-state index < -0.39 is 5.97 Å². The molecule has 0 aromatic carbocycles. The quantitative estimate of drug-likeness (QED) is 0.846. The number of thiazole rings is 1. The Bertz CT molecular complexity index is 467. The third-order valence-corrected chi connectivity index (χ3v) is 4.56. The van der Waals surface area contributed by atoms with Gasteiger partial charge in [-0.2, -0.15) is 0 Å². The van der Waals surface area contributed by atoms with Crippen molar-refractivity contribution in [1.82, 2.24) is 10.3 Å². The molecule has 110 valence electrons. The minimum atomic E-state index is -1.03. The summed E-state index contributed by atoms with van der Waals surface area (Å²) < 4.78 is 0. The van der Waals surface area contributed by atoms with E-state index in [9.17, 15) is 9.59 Å². The summed E-state index contributed by atoms with van der Waals surface area (Å²) >= 11 is 1.26. The Labute approximate surface area is 122 Å². The summed E-state index contributed by atoms with van der Waals surface area (Å²) in [6.07, 6.45) is 7.95. The highest BCUT2D eigenvalue weighted by molar-refractivity contribution is 7.09. The number of aromatic carboxylic acids is 1. The third kappa shape index (κ3) is 4.59. The molecule has 1 aliphatic carbocycles. The lowest BCUT2D eigenvalue weighted by atomic mass is 9.86. The third-order valence-electron chi connectivity index (χ3n) is 3.71. The molecule has 0 bridgehead atoms. The van der Waals surface area contributed by atoms with Gasteiger partial charge >= 0.3 is 5.97 Å². The smallest absolute Gasteiger partial charge is 0.355 e. The number of hydrogen-bond donors (Lipinski definition) is 2. The van der Waals surface area contributed by atoms with E-state index in [0.717, 1.165) is 6.42 Å². The van der Waals surface area contributed by atoms with Crippen LogP contribution < -0.4 is 5.32 Å². The number of carboxylic acid groups (broad SMARTS) is 1. The maximum absolute atomic E-state index is 11.7. The van der Waals surface area contributed by atoms with Crippen molar-refractivity contribution < 1.29 is 14.7 Å².